The molecule has 0 aliphatic heterocycles. The third-order valence-corrected chi connectivity index (χ3v) is 3.61. The lowest BCUT2D eigenvalue weighted by Gasteiger charge is -2.08. The van der Waals surface area contributed by atoms with E-state index in [4.69, 9.17) is 28.3 Å². The Bertz CT molecular complexity index is 729. The minimum atomic E-state index is -1.12. The second-order valence-electron chi connectivity index (χ2n) is 4.42. The minimum Gasteiger partial charge on any atom is -0.478 e. The molecule has 0 bridgehead atoms. The molecule has 0 aliphatic carbocycles. The Labute approximate surface area is 131 Å². The normalized spacial score (nSPS) is 10.2. The fourth-order valence-corrected chi connectivity index (χ4v) is 2.13. The summed E-state index contributed by atoms with van der Waals surface area (Å²) in [6.07, 6.45) is 0. The quantitative estimate of drug-likeness (QED) is 0.887. The van der Waals surface area contributed by atoms with Gasteiger partial charge in [-0.2, -0.15) is 0 Å². The summed E-state index contributed by atoms with van der Waals surface area (Å²) in [7, 11) is 0. The lowest BCUT2D eigenvalue weighted by Crippen LogP contribution is -2.12. The van der Waals surface area contributed by atoms with Crippen LogP contribution in [0.5, 0.6) is 0 Å². The van der Waals surface area contributed by atoms with E-state index in [1.807, 2.05) is 0 Å². The van der Waals surface area contributed by atoms with Gasteiger partial charge in [0.25, 0.3) is 5.91 Å². The first-order valence-electron chi connectivity index (χ1n) is 5.99. The summed E-state index contributed by atoms with van der Waals surface area (Å²) >= 11 is 11.8. The zero-order chi connectivity index (χ0) is 15.6. The maximum atomic E-state index is 12.1. The van der Waals surface area contributed by atoms with E-state index in [9.17, 15) is 9.59 Å². The van der Waals surface area contributed by atoms with Crippen LogP contribution in [-0.2, 0) is 0 Å². The van der Waals surface area contributed by atoms with Crippen molar-refractivity contribution in [1.82, 2.24) is 0 Å². The number of aryl methyl sites for hydroxylation is 1. The van der Waals surface area contributed by atoms with Gasteiger partial charge in [0, 0.05) is 16.3 Å². The van der Waals surface area contributed by atoms with Gasteiger partial charge in [-0.25, -0.2) is 4.79 Å². The second-order valence-corrected chi connectivity index (χ2v) is 5.23. The summed E-state index contributed by atoms with van der Waals surface area (Å²) < 4.78 is 0. The Balaban J connectivity index is 2.21. The van der Waals surface area contributed by atoms with E-state index in [2.05, 4.69) is 5.32 Å². The molecule has 0 aromatic heterocycles. The molecule has 0 saturated heterocycles. The van der Waals surface area contributed by atoms with Crippen molar-refractivity contribution in [3.8, 4) is 0 Å². The second kappa shape index (κ2) is 6.16. The number of aromatic carboxylic acids is 1. The van der Waals surface area contributed by atoms with Crippen LogP contribution in [0.3, 0.4) is 0 Å². The molecule has 0 aliphatic rings. The number of halogens is 2. The molecule has 21 heavy (non-hydrogen) atoms. The molecule has 108 valence electrons. The van der Waals surface area contributed by atoms with Crippen molar-refractivity contribution in [3.63, 3.8) is 0 Å². The van der Waals surface area contributed by atoms with Crippen molar-refractivity contribution in [3.05, 3.63) is 63.1 Å². The Hall–Kier alpha value is -2.04. The zero-order valence-electron chi connectivity index (χ0n) is 11.0. The third-order valence-electron chi connectivity index (χ3n) is 2.88. The molecule has 0 saturated carbocycles. The number of nitrogens with one attached hydrogen (secondary N) is 1. The lowest BCUT2D eigenvalue weighted by atomic mass is 10.1. The fraction of sp³-hybridized carbons (Fsp3) is 0.0667. The maximum absolute atomic E-state index is 12.1. The summed E-state index contributed by atoms with van der Waals surface area (Å²) in [5, 5.41) is 12.2. The molecule has 6 heteroatoms. The van der Waals surface area contributed by atoms with Crippen LogP contribution in [0.15, 0.2) is 36.4 Å². The molecule has 0 atom stereocenters. The molecule has 0 spiro atoms. The van der Waals surface area contributed by atoms with Crippen LogP contribution >= 0.6 is 23.2 Å². The SMILES string of the molecule is Cc1cc(C(=O)Nc2ccc(C(=O)O)c(Cl)c2)ccc1Cl. The van der Waals surface area contributed by atoms with Crippen LogP contribution in [-0.4, -0.2) is 17.0 Å². The number of carbonyl (C=O) groups is 2. The summed E-state index contributed by atoms with van der Waals surface area (Å²) in [4.78, 5) is 23.0. The number of rotatable bonds is 3. The van der Waals surface area contributed by atoms with Gasteiger partial charge in [-0.15, -0.1) is 0 Å². The summed E-state index contributed by atoms with van der Waals surface area (Å²) in [6.45, 7) is 1.80. The molecule has 0 unspecified atom stereocenters. The first-order chi connectivity index (χ1) is 9.88. The van der Waals surface area contributed by atoms with Gasteiger partial charge in [0.2, 0.25) is 0 Å². The first-order valence-corrected chi connectivity index (χ1v) is 6.74. The van der Waals surface area contributed by atoms with E-state index in [-0.39, 0.29) is 16.5 Å². The summed E-state index contributed by atoms with van der Waals surface area (Å²) in [6, 6.07) is 9.14. The topological polar surface area (TPSA) is 66.4 Å². The summed E-state index contributed by atoms with van der Waals surface area (Å²) in [5.41, 5.74) is 1.65. The number of hydrogen-bond acceptors (Lipinski definition) is 2. The molecule has 0 heterocycles. The average molecular weight is 324 g/mol. The first kappa shape index (κ1) is 15.4. The van der Waals surface area contributed by atoms with Crippen molar-refractivity contribution in [2.75, 3.05) is 5.32 Å². The van der Waals surface area contributed by atoms with E-state index in [1.54, 1.807) is 25.1 Å². The number of hydrogen-bond donors (Lipinski definition) is 2. The lowest BCUT2D eigenvalue weighted by molar-refractivity contribution is 0.0697. The van der Waals surface area contributed by atoms with E-state index in [0.29, 0.717) is 16.3 Å². The van der Waals surface area contributed by atoms with Crippen molar-refractivity contribution in [2.45, 2.75) is 6.92 Å². The Morgan fingerprint density at radius 3 is 2.33 bits per heavy atom. The summed E-state index contributed by atoms with van der Waals surface area (Å²) in [5.74, 6) is -1.44. The van der Waals surface area contributed by atoms with E-state index < -0.39 is 5.97 Å². The van der Waals surface area contributed by atoms with Gasteiger partial charge < -0.3 is 10.4 Å². The van der Waals surface area contributed by atoms with Crippen molar-refractivity contribution < 1.29 is 14.7 Å². The molecule has 0 fully saturated rings. The number of carbonyl (C=O) groups excluding carboxylic acids is 1. The maximum Gasteiger partial charge on any atom is 0.337 e. The Morgan fingerprint density at radius 2 is 1.76 bits per heavy atom. The molecular formula is C15H11Cl2NO3. The highest BCUT2D eigenvalue weighted by molar-refractivity contribution is 6.34. The Morgan fingerprint density at radius 1 is 1.05 bits per heavy atom. The van der Waals surface area contributed by atoms with Crippen molar-refractivity contribution in [1.29, 1.82) is 0 Å². The zero-order valence-corrected chi connectivity index (χ0v) is 12.5. The molecule has 2 rings (SSSR count). The van der Waals surface area contributed by atoms with Crippen LogP contribution in [0, 0.1) is 6.92 Å². The standard InChI is InChI=1S/C15H11Cl2NO3/c1-8-6-9(2-5-12(8)16)14(19)18-10-3-4-11(15(20)21)13(17)7-10/h2-7H,1H3,(H,18,19)(H,20,21). The van der Waals surface area contributed by atoms with Gasteiger partial charge in [-0.1, -0.05) is 23.2 Å². The number of carboxylic acids is 1. The van der Waals surface area contributed by atoms with Crippen LogP contribution in [0.1, 0.15) is 26.3 Å². The van der Waals surface area contributed by atoms with Gasteiger partial charge in [-0.3, -0.25) is 4.79 Å². The Kier molecular flexibility index (Phi) is 4.50. The van der Waals surface area contributed by atoms with E-state index >= 15 is 0 Å². The van der Waals surface area contributed by atoms with E-state index in [1.165, 1.54) is 18.2 Å². The van der Waals surface area contributed by atoms with Crippen LogP contribution in [0.2, 0.25) is 10.0 Å². The van der Waals surface area contributed by atoms with Gasteiger partial charge in [0.1, 0.15) is 0 Å². The third kappa shape index (κ3) is 3.54. The smallest absolute Gasteiger partial charge is 0.337 e. The van der Waals surface area contributed by atoms with Crippen molar-refractivity contribution >= 4 is 40.8 Å². The van der Waals surface area contributed by atoms with Gasteiger partial charge in [0.15, 0.2) is 0 Å². The number of amides is 1. The average Bonchev–Trinajstić information content (AvgIpc) is 2.41. The van der Waals surface area contributed by atoms with E-state index in [0.717, 1.165) is 5.56 Å². The molecule has 2 aromatic carbocycles. The van der Waals surface area contributed by atoms with Gasteiger partial charge >= 0.3 is 5.97 Å². The number of carboxylic acid groups (broad SMARTS) is 1. The molecular weight excluding hydrogens is 313 g/mol. The molecule has 0 radical (unpaired) electrons. The minimum absolute atomic E-state index is 0.0167. The van der Waals surface area contributed by atoms with Crippen molar-refractivity contribution in [2.24, 2.45) is 0 Å². The van der Waals surface area contributed by atoms with Crippen LogP contribution in [0.4, 0.5) is 5.69 Å². The molecule has 4 nitrogen and oxygen atoms in total. The largest absolute Gasteiger partial charge is 0.478 e. The van der Waals surface area contributed by atoms with Crippen LogP contribution in [0.25, 0.3) is 0 Å². The number of benzene rings is 2. The molecule has 2 aromatic rings. The monoisotopic (exact) mass is 323 g/mol. The highest BCUT2D eigenvalue weighted by Gasteiger charge is 2.11. The van der Waals surface area contributed by atoms with Gasteiger partial charge in [-0.05, 0) is 48.9 Å². The predicted molar refractivity (Wildman–Crippen MR) is 82.6 cm³/mol. The van der Waals surface area contributed by atoms with Crippen LogP contribution < -0.4 is 5.32 Å². The van der Waals surface area contributed by atoms with Gasteiger partial charge in [0.05, 0.1) is 10.6 Å². The highest BCUT2D eigenvalue weighted by Crippen LogP contribution is 2.22. The molecule has 1 amide bonds. The number of anilines is 1. The highest BCUT2D eigenvalue weighted by atomic mass is 35.5. The molecule has 2 N–H and O–H groups in total. The predicted octanol–water partition coefficient (Wildman–Crippen LogP) is 4.25. The fourth-order valence-electron chi connectivity index (χ4n) is 1.76.